The van der Waals surface area contributed by atoms with Crippen LogP contribution in [0.15, 0.2) is 50.9 Å². The summed E-state index contributed by atoms with van der Waals surface area (Å²) in [5, 5.41) is 3.83. The Kier molecular flexibility index (Phi) is 4.40. The first-order valence-corrected chi connectivity index (χ1v) is 10.3. The van der Waals surface area contributed by atoms with Crippen LogP contribution in [0.25, 0.3) is 11.3 Å². The highest BCUT2D eigenvalue weighted by Gasteiger charge is 2.24. The summed E-state index contributed by atoms with van der Waals surface area (Å²) in [4.78, 5) is 20.7. The zero-order valence-electron chi connectivity index (χ0n) is 14.7. The van der Waals surface area contributed by atoms with Crippen LogP contribution in [0.1, 0.15) is 17.0 Å². The molecule has 27 heavy (non-hydrogen) atoms. The molecule has 140 valence electrons. The summed E-state index contributed by atoms with van der Waals surface area (Å²) in [5.41, 5.74) is 2.38. The number of benzene rings is 1. The second kappa shape index (κ2) is 6.75. The molecule has 0 saturated heterocycles. The van der Waals surface area contributed by atoms with Crippen LogP contribution in [0, 0.1) is 0 Å². The first-order chi connectivity index (χ1) is 12.9. The number of nitrogens with one attached hydrogen (secondary N) is 1. The molecule has 0 radical (unpaired) electrons. The van der Waals surface area contributed by atoms with E-state index in [9.17, 15) is 13.2 Å². The predicted molar refractivity (Wildman–Crippen MR) is 97.7 cm³/mol. The van der Waals surface area contributed by atoms with Gasteiger partial charge in [0.25, 0.3) is 5.56 Å². The van der Waals surface area contributed by atoms with E-state index in [1.165, 1.54) is 0 Å². The molecule has 0 spiro atoms. The van der Waals surface area contributed by atoms with Crippen LogP contribution >= 0.6 is 0 Å². The summed E-state index contributed by atoms with van der Waals surface area (Å²) in [5.74, 6) is 0.692. The van der Waals surface area contributed by atoms with Crippen molar-refractivity contribution >= 4 is 9.84 Å². The molecule has 3 aromatic rings. The molecular formula is C18H18N4O4S. The van der Waals surface area contributed by atoms with Crippen molar-refractivity contribution in [3.8, 4) is 11.3 Å². The highest BCUT2D eigenvalue weighted by atomic mass is 32.2. The van der Waals surface area contributed by atoms with Crippen molar-refractivity contribution in [2.45, 2.75) is 24.7 Å². The molecule has 3 heterocycles. The van der Waals surface area contributed by atoms with E-state index in [1.807, 2.05) is 36.4 Å². The molecule has 0 bridgehead atoms. The normalized spacial score (nSPS) is 14.9. The molecule has 0 fully saturated rings. The number of aromatic nitrogens is 3. The quantitative estimate of drug-likeness (QED) is 0.675. The first-order valence-electron chi connectivity index (χ1n) is 8.45. The molecule has 2 aromatic heterocycles. The number of sulfone groups is 1. The second-order valence-electron chi connectivity index (χ2n) is 6.58. The van der Waals surface area contributed by atoms with Crippen molar-refractivity contribution in [1.29, 1.82) is 0 Å². The molecule has 8 nitrogen and oxygen atoms in total. The van der Waals surface area contributed by atoms with E-state index in [4.69, 9.17) is 4.52 Å². The monoisotopic (exact) mass is 386 g/mol. The molecular weight excluding hydrogens is 368 g/mol. The van der Waals surface area contributed by atoms with Gasteiger partial charge in [0.1, 0.15) is 0 Å². The Morgan fingerprint density at radius 2 is 2.04 bits per heavy atom. The van der Waals surface area contributed by atoms with Gasteiger partial charge in [-0.05, 0) is 6.42 Å². The van der Waals surface area contributed by atoms with Crippen molar-refractivity contribution in [2.75, 3.05) is 12.8 Å². The third kappa shape index (κ3) is 3.69. The second-order valence-corrected chi connectivity index (χ2v) is 8.51. The number of rotatable bonds is 4. The van der Waals surface area contributed by atoms with Crippen LogP contribution in [-0.2, 0) is 29.3 Å². The van der Waals surface area contributed by atoms with Gasteiger partial charge in [-0.3, -0.25) is 14.7 Å². The molecule has 0 unspecified atom stereocenters. The third-order valence-corrected chi connectivity index (χ3v) is 5.38. The van der Waals surface area contributed by atoms with E-state index in [1.54, 1.807) is 0 Å². The molecule has 0 aliphatic carbocycles. The Morgan fingerprint density at radius 3 is 2.78 bits per heavy atom. The topological polar surface area (TPSA) is 109 Å². The van der Waals surface area contributed by atoms with E-state index in [0.29, 0.717) is 43.1 Å². The van der Waals surface area contributed by atoms with E-state index < -0.39 is 9.84 Å². The number of hydrogen-bond acceptors (Lipinski definition) is 7. The minimum absolute atomic E-state index is 0.291. The van der Waals surface area contributed by atoms with Crippen molar-refractivity contribution in [3.05, 3.63) is 63.7 Å². The maximum atomic E-state index is 12.2. The largest absolute Gasteiger partial charge is 0.356 e. The van der Waals surface area contributed by atoms with Gasteiger partial charge in [-0.1, -0.05) is 35.5 Å². The smallest absolute Gasteiger partial charge is 0.255 e. The van der Waals surface area contributed by atoms with Crippen LogP contribution in [0.4, 0.5) is 0 Å². The SMILES string of the molecule is CS(=O)(=O)c1nc2c(c(=O)[nH]1)CCN(Cc1cc(-c3ccccc3)on1)C2. The van der Waals surface area contributed by atoms with Crippen molar-refractivity contribution in [3.63, 3.8) is 0 Å². The van der Waals surface area contributed by atoms with Crippen LogP contribution in [0.5, 0.6) is 0 Å². The highest BCUT2D eigenvalue weighted by molar-refractivity contribution is 7.90. The molecule has 9 heteroatoms. The molecule has 0 saturated carbocycles. The van der Waals surface area contributed by atoms with Gasteiger partial charge in [-0.15, -0.1) is 0 Å². The van der Waals surface area contributed by atoms with Crippen LogP contribution in [0.2, 0.25) is 0 Å². The summed E-state index contributed by atoms with van der Waals surface area (Å²) < 4.78 is 28.8. The summed E-state index contributed by atoms with van der Waals surface area (Å²) in [7, 11) is -3.58. The summed E-state index contributed by atoms with van der Waals surface area (Å²) in [6, 6.07) is 11.6. The van der Waals surface area contributed by atoms with Gasteiger partial charge in [0.2, 0.25) is 15.0 Å². The number of hydrogen-bond donors (Lipinski definition) is 1. The predicted octanol–water partition coefficient (Wildman–Crippen LogP) is 1.39. The van der Waals surface area contributed by atoms with Gasteiger partial charge in [0.15, 0.2) is 5.76 Å². The number of nitrogens with zero attached hydrogens (tertiary/aromatic N) is 3. The highest BCUT2D eigenvalue weighted by Crippen LogP contribution is 2.22. The summed E-state index contributed by atoms with van der Waals surface area (Å²) in [6.07, 6.45) is 1.53. The lowest BCUT2D eigenvalue weighted by molar-refractivity contribution is 0.232. The Bertz CT molecular complexity index is 1140. The zero-order valence-corrected chi connectivity index (χ0v) is 15.5. The molecule has 1 aromatic carbocycles. The number of H-pyrrole nitrogens is 1. The van der Waals surface area contributed by atoms with Crippen molar-refractivity contribution < 1.29 is 12.9 Å². The van der Waals surface area contributed by atoms with Gasteiger partial charge in [-0.25, -0.2) is 13.4 Å². The third-order valence-electron chi connectivity index (χ3n) is 4.48. The number of aromatic amines is 1. The fourth-order valence-electron chi connectivity index (χ4n) is 3.14. The molecule has 1 aliphatic rings. The fraction of sp³-hybridized carbons (Fsp3) is 0.278. The van der Waals surface area contributed by atoms with E-state index in [2.05, 4.69) is 20.0 Å². The molecule has 4 rings (SSSR count). The minimum atomic E-state index is -3.58. The minimum Gasteiger partial charge on any atom is -0.356 e. The fourth-order valence-corrected chi connectivity index (χ4v) is 3.69. The van der Waals surface area contributed by atoms with E-state index in [-0.39, 0.29) is 10.7 Å². The molecule has 0 amide bonds. The van der Waals surface area contributed by atoms with Crippen molar-refractivity contribution in [2.24, 2.45) is 0 Å². The maximum absolute atomic E-state index is 12.2. The lowest BCUT2D eigenvalue weighted by atomic mass is 10.1. The summed E-state index contributed by atoms with van der Waals surface area (Å²) >= 11 is 0. The standard InChI is InChI=1S/C18H18N4O4S/c1-27(24,25)18-19-15-11-22(8-7-14(15)17(23)20-18)10-13-9-16(26-21-13)12-5-3-2-4-6-12/h2-6,9H,7-8,10-11H2,1H3,(H,19,20,23). The lowest BCUT2D eigenvalue weighted by Crippen LogP contribution is -2.35. The van der Waals surface area contributed by atoms with Gasteiger partial charge in [0.05, 0.1) is 11.4 Å². The molecule has 0 atom stereocenters. The van der Waals surface area contributed by atoms with Crippen molar-refractivity contribution in [1.82, 2.24) is 20.0 Å². The van der Waals surface area contributed by atoms with Crippen LogP contribution < -0.4 is 5.56 Å². The van der Waals surface area contributed by atoms with Gasteiger partial charge < -0.3 is 4.52 Å². The van der Waals surface area contributed by atoms with Gasteiger partial charge in [0, 0.05) is 43.1 Å². The average Bonchev–Trinajstić information content (AvgIpc) is 3.10. The first kappa shape index (κ1) is 17.6. The average molecular weight is 386 g/mol. The van der Waals surface area contributed by atoms with Gasteiger partial charge in [-0.2, -0.15) is 0 Å². The van der Waals surface area contributed by atoms with E-state index in [0.717, 1.165) is 17.5 Å². The molecule has 1 aliphatic heterocycles. The van der Waals surface area contributed by atoms with Crippen LogP contribution in [-0.4, -0.2) is 41.2 Å². The number of fused-ring (bicyclic) bond motifs is 1. The Labute approximate surface area is 155 Å². The summed E-state index contributed by atoms with van der Waals surface area (Å²) in [6.45, 7) is 1.57. The van der Waals surface area contributed by atoms with Gasteiger partial charge >= 0.3 is 0 Å². The zero-order chi connectivity index (χ0) is 19.0. The van der Waals surface area contributed by atoms with Crippen LogP contribution in [0.3, 0.4) is 0 Å². The molecule has 1 N–H and O–H groups in total. The maximum Gasteiger partial charge on any atom is 0.255 e. The Balaban J connectivity index is 1.54. The van der Waals surface area contributed by atoms with E-state index >= 15 is 0 Å². The Morgan fingerprint density at radius 1 is 1.26 bits per heavy atom. The Hall–Kier alpha value is -2.78. The lowest BCUT2D eigenvalue weighted by Gasteiger charge is -2.26.